The van der Waals surface area contributed by atoms with E-state index in [9.17, 15) is 0 Å². The van der Waals surface area contributed by atoms with Gasteiger partial charge in [0, 0.05) is 67.8 Å². The van der Waals surface area contributed by atoms with Crippen LogP contribution in [0.25, 0.3) is 122 Å². The third-order valence-corrected chi connectivity index (χ3v) is 24.6. The van der Waals surface area contributed by atoms with E-state index in [1.54, 1.807) is 0 Å². The minimum atomic E-state index is -0.569. The van der Waals surface area contributed by atoms with E-state index in [1.807, 2.05) is 0 Å². The zero-order chi connectivity index (χ0) is 79.5. The molecule has 4 heteroatoms. The molecule has 0 saturated heterocycles. The van der Waals surface area contributed by atoms with Crippen LogP contribution in [0.15, 0.2) is 482 Å². The fourth-order valence-corrected chi connectivity index (χ4v) is 19.3. The van der Waals surface area contributed by atoms with Crippen molar-refractivity contribution < 1.29 is 8.83 Å². The number of benzene rings is 19. The van der Waals surface area contributed by atoms with Gasteiger partial charge in [-0.15, -0.1) is 0 Å². The molecule has 0 radical (unpaired) electrons. The van der Waals surface area contributed by atoms with E-state index < -0.39 is 10.8 Å². The van der Waals surface area contributed by atoms with Crippen molar-refractivity contribution in [2.24, 2.45) is 0 Å². The molecular weight excluding hydrogens is 1450 g/mol. The van der Waals surface area contributed by atoms with Crippen molar-refractivity contribution >= 4 is 78.0 Å². The minimum Gasteiger partial charge on any atom is -0.456 e. The molecule has 23 rings (SSSR count). The smallest absolute Gasteiger partial charge is 0.137 e. The van der Waals surface area contributed by atoms with Crippen LogP contribution >= 0.6 is 0 Å². The lowest BCUT2D eigenvalue weighted by atomic mass is 9.67. The van der Waals surface area contributed by atoms with E-state index in [4.69, 9.17) is 8.83 Å². The standard InChI is InChI=1S/C61H41NO.C55H37NO/c1-5-18-42(19-6-1)45-24-17-25-48(37-45)61(57-30-15-13-28-53(57)54-29-14-16-31-58(54)61)49-32-34-55-56-35-33-51(41-60(56)63-59(55)40-49)62(50-26-11-4-12-27-50)52-38-46(43-20-7-2-8-21-43)36-47(39-52)44-22-9-3-10-23-44;1-5-17-38(18-6-1)40-33-41(39-19-7-2-8-20-39)35-46(34-40)56(44-23-11-4-12-24-44)45-30-32-50-49-31-29-43(36-53(49)57-54(50)37-45)55(42-21-9-3-10-22-42)51-27-15-13-25-47(51)48-26-14-16-28-52(48)55/h1-41H;1-37H. The molecule has 0 aliphatic heterocycles. The van der Waals surface area contributed by atoms with Crippen LogP contribution in [0.5, 0.6) is 0 Å². The summed E-state index contributed by atoms with van der Waals surface area (Å²) in [5.74, 6) is 0. The average molecular weight is 1530 g/mol. The predicted octanol–water partition coefficient (Wildman–Crippen LogP) is 31.2. The van der Waals surface area contributed by atoms with Gasteiger partial charge in [-0.05, 0) is 226 Å². The van der Waals surface area contributed by atoms with Gasteiger partial charge < -0.3 is 18.6 Å². The predicted molar refractivity (Wildman–Crippen MR) is 499 cm³/mol. The molecule has 2 aromatic heterocycles. The maximum Gasteiger partial charge on any atom is 0.137 e. The van der Waals surface area contributed by atoms with E-state index in [1.165, 1.54) is 100 Å². The second-order valence-corrected chi connectivity index (χ2v) is 31.3. The summed E-state index contributed by atoms with van der Waals surface area (Å²) in [5.41, 5.74) is 35.5. The molecule has 564 valence electrons. The summed E-state index contributed by atoms with van der Waals surface area (Å²) in [6.45, 7) is 0. The van der Waals surface area contributed by atoms with Crippen LogP contribution < -0.4 is 9.80 Å². The van der Waals surface area contributed by atoms with E-state index >= 15 is 0 Å². The van der Waals surface area contributed by atoms with Gasteiger partial charge >= 0.3 is 0 Å². The lowest BCUT2D eigenvalue weighted by Gasteiger charge is -2.34. The molecule has 2 heterocycles. The zero-order valence-electron chi connectivity index (χ0n) is 65.7. The fourth-order valence-electron chi connectivity index (χ4n) is 19.3. The van der Waals surface area contributed by atoms with Crippen molar-refractivity contribution in [1.29, 1.82) is 0 Å². The van der Waals surface area contributed by atoms with Gasteiger partial charge in [-0.25, -0.2) is 0 Å². The average Bonchev–Trinajstić information content (AvgIpc) is 1.54. The van der Waals surface area contributed by atoms with Gasteiger partial charge in [0.1, 0.15) is 22.3 Å². The Balaban J connectivity index is 0.000000145. The second kappa shape index (κ2) is 29.9. The Morgan fingerprint density at radius 1 is 0.150 bits per heavy atom. The monoisotopic (exact) mass is 1530 g/mol. The minimum absolute atomic E-state index is 0.489. The molecule has 0 bridgehead atoms. The van der Waals surface area contributed by atoms with Crippen LogP contribution in [0, 0.1) is 0 Å². The highest BCUT2D eigenvalue weighted by molar-refractivity contribution is 6.09. The highest BCUT2D eigenvalue weighted by atomic mass is 16.3. The van der Waals surface area contributed by atoms with E-state index in [0.29, 0.717) is 0 Å². The van der Waals surface area contributed by atoms with Crippen LogP contribution in [0.4, 0.5) is 34.1 Å². The molecule has 0 N–H and O–H groups in total. The number of furan rings is 2. The molecule has 19 aromatic carbocycles. The first kappa shape index (κ1) is 71.0. The highest BCUT2D eigenvalue weighted by Gasteiger charge is 2.48. The van der Waals surface area contributed by atoms with Crippen molar-refractivity contribution in [1.82, 2.24) is 0 Å². The van der Waals surface area contributed by atoms with Crippen LogP contribution in [0.1, 0.15) is 44.5 Å². The van der Waals surface area contributed by atoms with Crippen molar-refractivity contribution in [3.63, 3.8) is 0 Å². The first-order valence-corrected chi connectivity index (χ1v) is 41.2. The maximum atomic E-state index is 7.02. The summed E-state index contributed by atoms with van der Waals surface area (Å²) in [7, 11) is 0. The Morgan fingerprint density at radius 3 is 0.758 bits per heavy atom. The molecular formula is C116H78N2O2. The fraction of sp³-hybridized carbons (Fsp3) is 0.0172. The van der Waals surface area contributed by atoms with Crippen molar-refractivity contribution in [3.8, 4) is 77.9 Å². The molecule has 2 aliphatic rings. The zero-order valence-corrected chi connectivity index (χ0v) is 65.7. The van der Waals surface area contributed by atoms with Crippen LogP contribution in [-0.2, 0) is 10.8 Å². The lowest BCUT2D eigenvalue weighted by Crippen LogP contribution is -2.28. The summed E-state index contributed by atoms with van der Waals surface area (Å²) >= 11 is 0. The Kier molecular flexibility index (Phi) is 17.7. The number of anilines is 6. The van der Waals surface area contributed by atoms with Crippen molar-refractivity contribution in [2.45, 2.75) is 10.8 Å². The van der Waals surface area contributed by atoms with Crippen LogP contribution in [0.3, 0.4) is 0 Å². The summed E-state index contributed by atoms with van der Waals surface area (Å²) < 4.78 is 14.0. The molecule has 2 aliphatic carbocycles. The van der Waals surface area contributed by atoms with E-state index in [0.717, 1.165) is 100 Å². The molecule has 0 amide bonds. The molecule has 0 fully saturated rings. The Bertz CT molecular complexity index is 7180. The quantitative estimate of drug-likeness (QED) is 0.102. The summed E-state index contributed by atoms with van der Waals surface area (Å²) in [5, 5.41) is 4.38. The Labute approximate surface area is 698 Å². The summed E-state index contributed by atoms with van der Waals surface area (Å²) in [4.78, 5) is 4.69. The van der Waals surface area contributed by atoms with Crippen molar-refractivity contribution in [3.05, 3.63) is 518 Å². The molecule has 0 saturated carbocycles. The molecule has 4 nitrogen and oxygen atoms in total. The van der Waals surface area contributed by atoms with Gasteiger partial charge in [0.15, 0.2) is 0 Å². The summed E-state index contributed by atoms with van der Waals surface area (Å²) in [6, 6.07) is 171. The lowest BCUT2D eigenvalue weighted by molar-refractivity contribution is 0.665. The van der Waals surface area contributed by atoms with Gasteiger partial charge in [0.05, 0.1) is 10.8 Å². The Hall–Kier alpha value is -15.6. The maximum absolute atomic E-state index is 7.02. The topological polar surface area (TPSA) is 32.8 Å². The van der Waals surface area contributed by atoms with Crippen molar-refractivity contribution in [2.75, 3.05) is 9.80 Å². The number of rotatable bonds is 15. The number of fused-ring (bicyclic) bond motifs is 12. The second-order valence-electron chi connectivity index (χ2n) is 31.3. The van der Waals surface area contributed by atoms with Gasteiger partial charge in [-0.2, -0.15) is 0 Å². The van der Waals surface area contributed by atoms with Gasteiger partial charge in [0.2, 0.25) is 0 Å². The molecule has 0 atom stereocenters. The van der Waals surface area contributed by atoms with E-state index in [-0.39, 0.29) is 0 Å². The molecule has 120 heavy (non-hydrogen) atoms. The normalized spacial score (nSPS) is 12.6. The van der Waals surface area contributed by atoms with E-state index in [2.05, 4.69) is 483 Å². The van der Waals surface area contributed by atoms with Crippen LogP contribution in [-0.4, -0.2) is 0 Å². The van der Waals surface area contributed by atoms with Gasteiger partial charge in [-0.3, -0.25) is 0 Å². The number of hydrogen-bond donors (Lipinski definition) is 0. The van der Waals surface area contributed by atoms with Gasteiger partial charge in [0.25, 0.3) is 0 Å². The first-order chi connectivity index (χ1) is 59.5. The molecule has 0 unspecified atom stereocenters. The first-order valence-electron chi connectivity index (χ1n) is 41.2. The summed E-state index contributed by atoms with van der Waals surface area (Å²) in [6.07, 6.45) is 0. The number of nitrogens with zero attached hydrogens (tertiary/aromatic N) is 2. The third kappa shape index (κ3) is 12.1. The number of para-hydroxylation sites is 2. The number of hydrogen-bond acceptors (Lipinski definition) is 4. The highest BCUT2D eigenvalue weighted by Crippen LogP contribution is 2.59. The third-order valence-electron chi connectivity index (χ3n) is 24.6. The largest absolute Gasteiger partial charge is 0.456 e. The van der Waals surface area contributed by atoms with Gasteiger partial charge in [-0.1, -0.05) is 358 Å². The Morgan fingerprint density at radius 2 is 0.408 bits per heavy atom. The SMILES string of the molecule is c1ccc(-c2cc(-c3ccccc3)cc(N(c3ccccc3)c3ccc4c(c3)oc3cc(C5(c6cccc(-c7ccccc7)c6)c6ccccc6-c6ccccc65)ccc34)c2)cc1.c1ccc(-c2cc(-c3ccccc3)cc(N(c3ccccc3)c3ccc4c(c3)oc3cc(C5(c6ccccc6)c6ccccc6-c6ccccc65)ccc34)c2)cc1. The molecule has 0 spiro atoms. The molecule has 21 aromatic rings. The van der Waals surface area contributed by atoms with Crippen LogP contribution in [0.2, 0.25) is 0 Å².